The van der Waals surface area contributed by atoms with Crippen LogP contribution in [0.15, 0.2) is 0 Å². The molecule has 0 saturated carbocycles. The molecule has 3 fully saturated rings. The number of fused-ring (bicyclic) bond motifs is 1. The first-order valence-corrected chi connectivity index (χ1v) is 7.11. The van der Waals surface area contributed by atoms with E-state index in [9.17, 15) is 4.79 Å². The minimum Gasteiger partial charge on any atom is -0.481 e. The fourth-order valence-electron chi connectivity index (χ4n) is 3.78. The number of piperidine rings is 1. The molecule has 0 aromatic heterocycles. The van der Waals surface area contributed by atoms with Gasteiger partial charge in [0.05, 0.1) is 12.0 Å². The Balaban J connectivity index is 1.57. The summed E-state index contributed by atoms with van der Waals surface area (Å²) in [5.74, 6) is -0.692. The lowest BCUT2D eigenvalue weighted by Crippen LogP contribution is -2.71. The van der Waals surface area contributed by atoms with E-state index in [1.165, 1.54) is 32.4 Å². The fourth-order valence-corrected chi connectivity index (χ4v) is 3.78. The average Bonchev–Trinajstić information content (AvgIpc) is 2.72. The summed E-state index contributed by atoms with van der Waals surface area (Å²) in [4.78, 5) is 13.6. The normalized spacial score (nSPS) is 34.9. The van der Waals surface area contributed by atoms with E-state index in [-0.39, 0.29) is 12.0 Å². The number of carboxylic acids is 1. The maximum absolute atomic E-state index is 11.0. The zero-order valence-electron chi connectivity index (χ0n) is 10.8. The standard InChI is InChI=1S/C13H23N3O2/c17-12(18)7-13(8-14-9-13)15-10-3-5-16-4-1-2-11(16)6-10/h10-11,14-15H,1-9H2,(H,17,18). The van der Waals surface area contributed by atoms with E-state index in [2.05, 4.69) is 15.5 Å². The van der Waals surface area contributed by atoms with Crippen molar-refractivity contribution < 1.29 is 9.90 Å². The largest absolute Gasteiger partial charge is 0.481 e. The number of hydrogen-bond donors (Lipinski definition) is 3. The molecule has 0 amide bonds. The van der Waals surface area contributed by atoms with E-state index < -0.39 is 5.97 Å². The zero-order chi connectivity index (χ0) is 12.6. The van der Waals surface area contributed by atoms with Crippen molar-refractivity contribution in [3.05, 3.63) is 0 Å². The number of carboxylic acid groups (broad SMARTS) is 1. The molecular weight excluding hydrogens is 230 g/mol. The van der Waals surface area contributed by atoms with Crippen molar-refractivity contribution in [2.24, 2.45) is 0 Å². The highest BCUT2D eigenvalue weighted by molar-refractivity contribution is 5.68. The van der Waals surface area contributed by atoms with E-state index >= 15 is 0 Å². The van der Waals surface area contributed by atoms with E-state index in [0.29, 0.717) is 6.04 Å². The quantitative estimate of drug-likeness (QED) is 0.659. The summed E-state index contributed by atoms with van der Waals surface area (Å²) in [6.07, 6.45) is 5.26. The van der Waals surface area contributed by atoms with Crippen LogP contribution in [-0.2, 0) is 4.79 Å². The number of nitrogens with zero attached hydrogens (tertiary/aromatic N) is 1. The molecule has 5 nitrogen and oxygen atoms in total. The maximum atomic E-state index is 11.0. The number of hydrogen-bond acceptors (Lipinski definition) is 4. The van der Waals surface area contributed by atoms with E-state index in [4.69, 9.17) is 5.11 Å². The third-order valence-electron chi connectivity index (χ3n) is 4.75. The van der Waals surface area contributed by atoms with E-state index in [0.717, 1.165) is 25.6 Å². The third kappa shape index (κ3) is 2.39. The molecule has 0 aromatic carbocycles. The zero-order valence-corrected chi connectivity index (χ0v) is 10.8. The monoisotopic (exact) mass is 253 g/mol. The second-order valence-electron chi connectivity index (χ2n) is 6.15. The molecule has 0 radical (unpaired) electrons. The first kappa shape index (κ1) is 12.4. The Kier molecular flexibility index (Phi) is 3.30. The predicted molar refractivity (Wildman–Crippen MR) is 68.6 cm³/mol. The molecule has 102 valence electrons. The molecule has 18 heavy (non-hydrogen) atoms. The number of carbonyl (C=O) groups is 1. The van der Waals surface area contributed by atoms with Crippen LogP contribution >= 0.6 is 0 Å². The van der Waals surface area contributed by atoms with Gasteiger partial charge in [0, 0.05) is 25.2 Å². The Morgan fingerprint density at radius 3 is 2.89 bits per heavy atom. The van der Waals surface area contributed by atoms with Gasteiger partial charge in [0.1, 0.15) is 0 Å². The smallest absolute Gasteiger partial charge is 0.305 e. The highest BCUT2D eigenvalue weighted by Crippen LogP contribution is 2.29. The van der Waals surface area contributed by atoms with E-state index in [1.807, 2.05) is 0 Å². The number of nitrogens with one attached hydrogen (secondary N) is 2. The number of rotatable bonds is 4. The van der Waals surface area contributed by atoms with Crippen LogP contribution < -0.4 is 10.6 Å². The Morgan fingerprint density at radius 2 is 2.22 bits per heavy atom. The Labute approximate surface area is 108 Å². The van der Waals surface area contributed by atoms with Crippen LogP contribution in [0.3, 0.4) is 0 Å². The summed E-state index contributed by atoms with van der Waals surface area (Å²) in [6, 6.07) is 1.25. The molecule has 3 rings (SSSR count). The minimum atomic E-state index is -0.692. The molecule has 2 atom stereocenters. The van der Waals surface area contributed by atoms with Gasteiger partial charge in [-0.25, -0.2) is 0 Å². The van der Waals surface area contributed by atoms with E-state index in [1.54, 1.807) is 0 Å². The molecule has 0 bridgehead atoms. The minimum absolute atomic E-state index is 0.183. The molecule has 3 heterocycles. The van der Waals surface area contributed by atoms with Gasteiger partial charge < -0.3 is 20.6 Å². The summed E-state index contributed by atoms with van der Waals surface area (Å²) in [5.41, 5.74) is -0.183. The molecule has 0 spiro atoms. The molecule has 5 heteroatoms. The molecule has 3 N–H and O–H groups in total. The van der Waals surface area contributed by atoms with Crippen LogP contribution in [0, 0.1) is 0 Å². The molecular formula is C13H23N3O2. The SMILES string of the molecule is O=C(O)CC1(NC2CCN3CCCC3C2)CNC1. The fraction of sp³-hybridized carbons (Fsp3) is 0.923. The van der Waals surface area contributed by atoms with Gasteiger partial charge >= 0.3 is 5.97 Å². The topological polar surface area (TPSA) is 64.6 Å². The first-order valence-electron chi connectivity index (χ1n) is 7.11. The molecule has 2 unspecified atom stereocenters. The van der Waals surface area contributed by atoms with Gasteiger partial charge in [0.2, 0.25) is 0 Å². The van der Waals surface area contributed by atoms with Crippen molar-refractivity contribution >= 4 is 5.97 Å². The van der Waals surface area contributed by atoms with Gasteiger partial charge in [-0.15, -0.1) is 0 Å². The summed E-state index contributed by atoms with van der Waals surface area (Å²) in [7, 11) is 0. The van der Waals surface area contributed by atoms with Gasteiger partial charge in [-0.3, -0.25) is 4.79 Å². The highest BCUT2D eigenvalue weighted by atomic mass is 16.4. The molecule has 0 aromatic rings. The van der Waals surface area contributed by atoms with Gasteiger partial charge in [-0.1, -0.05) is 0 Å². The van der Waals surface area contributed by atoms with Crippen LogP contribution in [-0.4, -0.2) is 59.8 Å². The molecule has 3 aliphatic rings. The van der Waals surface area contributed by atoms with Gasteiger partial charge in [-0.2, -0.15) is 0 Å². The Morgan fingerprint density at radius 1 is 1.39 bits per heavy atom. The Hall–Kier alpha value is -0.650. The van der Waals surface area contributed by atoms with Crippen LogP contribution in [0.2, 0.25) is 0 Å². The predicted octanol–water partition coefficient (Wildman–Crippen LogP) is 0.0195. The molecule has 3 aliphatic heterocycles. The lowest BCUT2D eigenvalue weighted by molar-refractivity contribution is -0.139. The lowest BCUT2D eigenvalue weighted by atomic mass is 9.85. The maximum Gasteiger partial charge on any atom is 0.305 e. The second-order valence-corrected chi connectivity index (χ2v) is 6.15. The van der Waals surface area contributed by atoms with Crippen LogP contribution in [0.25, 0.3) is 0 Å². The average molecular weight is 253 g/mol. The van der Waals surface area contributed by atoms with Crippen LogP contribution in [0.4, 0.5) is 0 Å². The van der Waals surface area contributed by atoms with Gasteiger partial charge in [0.25, 0.3) is 0 Å². The summed E-state index contributed by atoms with van der Waals surface area (Å²) in [5, 5.41) is 15.9. The first-order chi connectivity index (χ1) is 8.67. The second kappa shape index (κ2) is 4.79. The van der Waals surface area contributed by atoms with Crippen molar-refractivity contribution in [3.8, 4) is 0 Å². The van der Waals surface area contributed by atoms with Gasteiger partial charge in [-0.05, 0) is 38.8 Å². The van der Waals surface area contributed by atoms with Crippen molar-refractivity contribution in [3.63, 3.8) is 0 Å². The van der Waals surface area contributed by atoms with Crippen molar-refractivity contribution in [2.45, 2.75) is 49.7 Å². The lowest BCUT2D eigenvalue weighted by Gasteiger charge is -2.47. The highest BCUT2D eigenvalue weighted by Gasteiger charge is 2.42. The van der Waals surface area contributed by atoms with Gasteiger partial charge in [0.15, 0.2) is 0 Å². The summed E-state index contributed by atoms with van der Waals surface area (Å²) in [6.45, 7) is 4.03. The Bertz CT molecular complexity index is 330. The van der Waals surface area contributed by atoms with Crippen LogP contribution in [0.1, 0.15) is 32.1 Å². The molecule has 3 saturated heterocycles. The summed E-state index contributed by atoms with van der Waals surface area (Å²) < 4.78 is 0. The number of aliphatic carboxylic acids is 1. The molecule has 0 aliphatic carbocycles. The van der Waals surface area contributed by atoms with Crippen molar-refractivity contribution in [1.82, 2.24) is 15.5 Å². The summed E-state index contributed by atoms with van der Waals surface area (Å²) >= 11 is 0. The van der Waals surface area contributed by atoms with Crippen molar-refractivity contribution in [1.29, 1.82) is 0 Å². The van der Waals surface area contributed by atoms with Crippen LogP contribution in [0.5, 0.6) is 0 Å². The van der Waals surface area contributed by atoms with Crippen molar-refractivity contribution in [2.75, 3.05) is 26.2 Å². The third-order valence-corrected chi connectivity index (χ3v) is 4.75.